The predicted octanol–water partition coefficient (Wildman–Crippen LogP) is 6.58. The Kier molecular flexibility index (Phi) is 7.07. The Morgan fingerprint density at radius 3 is 2.29 bits per heavy atom. The smallest absolute Gasteiger partial charge is 0.113 e. The first kappa shape index (κ1) is 23.8. The number of nitrogens with zero attached hydrogens (tertiary/aromatic N) is 2. The first-order valence-corrected chi connectivity index (χ1v) is 12.8. The molecule has 1 aromatic heterocycles. The largest absolute Gasteiger partial charge is 0.390 e. The number of allylic oxidation sites excluding steroid dienone is 1. The summed E-state index contributed by atoms with van der Waals surface area (Å²) in [6, 6.07) is 20.8. The molecule has 2 aliphatic rings. The second-order valence-electron chi connectivity index (χ2n) is 9.95. The summed E-state index contributed by atoms with van der Waals surface area (Å²) in [5, 5.41) is 11.0. The average molecular weight is 483 g/mol. The number of likely N-dealkylation sites (tertiary alicyclic amines) is 1. The predicted molar refractivity (Wildman–Crippen MR) is 144 cm³/mol. The van der Waals surface area contributed by atoms with Gasteiger partial charge in [-0.3, -0.25) is 4.90 Å². The van der Waals surface area contributed by atoms with Gasteiger partial charge in [-0.25, -0.2) is 4.98 Å². The highest BCUT2D eigenvalue weighted by atomic mass is 35.5. The van der Waals surface area contributed by atoms with E-state index in [9.17, 15) is 5.11 Å². The second-order valence-corrected chi connectivity index (χ2v) is 10.4. The van der Waals surface area contributed by atoms with Crippen molar-refractivity contribution in [2.45, 2.75) is 50.7 Å². The van der Waals surface area contributed by atoms with Crippen molar-refractivity contribution in [3.05, 3.63) is 94.8 Å². The van der Waals surface area contributed by atoms with E-state index in [0.29, 0.717) is 6.04 Å². The van der Waals surface area contributed by atoms with Crippen molar-refractivity contribution in [2.24, 2.45) is 0 Å². The van der Waals surface area contributed by atoms with E-state index in [1.165, 1.54) is 24.0 Å². The van der Waals surface area contributed by atoms with Gasteiger partial charge < -0.3 is 5.11 Å². The molecule has 0 spiro atoms. The molecule has 3 aromatic rings. The van der Waals surface area contributed by atoms with Gasteiger partial charge in [0.1, 0.15) is 5.69 Å². The Balaban J connectivity index is 1.24. The molecule has 1 saturated heterocycles. The normalized spacial score (nSPS) is 20.0. The number of halogens is 1. The summed E-state index contributed by atoms with van der Waals surface area (Å²) in [6.45, 7) is 3.92. The molecule has 2 heterocycles. The maximum Gasteiger partial charge on any atom is 0.113 e. The molecule has 1 aliphatic heterocycles. The van der Waals surface area contributed by atoms with Crippen molar-refractivity contribution in [3.8, 4) is 23.0 Å². The number of pyridine rings is 1. The fourth-order valence-electron chi connectivity index (χ4n) is 4.95. The molecular formula is C31H31ClN2O. The molecule has 0 saturated carbocycles. The van der Waals surface area contributed by atoms with Crippen LogP contribution in [0.25, 0.3) is 16.7 Å². The van der Waals surface area contributed by atoms with Gasteiger partial charge in [0.2, 0.25) is 0 Å². The van der Waals surface area contributed by atoms with E-state index in [1.807, 2.05) is 49.5 Å². The highest BCUT2D eigenvalue weighted by Gasteiger charge is 2.31. The quantitative estimate of drug-likeness (QED) is 0.428. The Hall–Kier alpha value is -2.90. The number of hydrogen-bond acceptors (Lipinski definition) is 3. The molecule has 1 unspecified atom stereocenters. The van der Waals surface area contributed by atoms with Gasteiger partial charge in [0.15, 0.2) is 0 Å². The van der Waals surface area contributed by atoms with Crippen LogP contribution in [0.5, 0.6) is 0 Å². The van der Waals surface area contributed by atoms with E-state index < -0.39 is 5.60 Å². The molecule has 1 fully saturated rings. The van der Waals surface area contributed by atoms with Crippen LogP contribution >= 0.6 is 11.6 Å². The molecule has 1 atom stereocenters. The number of rotatable bonds is 3. The van der Waals surface area contributed by atoms with Crippen LogP contribution in [0.1, 0.15) is 55.8 Å². The molecule has 0 amide bonds. The Morgan fingerprint density at radius 1 is 0.914 bits per heavy atom. The zero-order valence-electron chi connectivity index (χ0n) is 20.2. The van der Waals surface area contributed by atoms with Crippen molar-refractivity contribution < 1.29 is 5.11 Å². The molecule has 5 rings (SSSR count). The summed E-state index contributed by atoms with van der Waals surface area (Å²) in [4.78, 5) is 7.05. The standard InChI is InChI=1S/C31H31ClN2O/c1-31(35)17-19-34(20-18-31)30-4-2-3-26(21-30)24-8-5-23(6-9-24)7-15-29-16-12-27(22-33-29)25-10-13-28(32)14-11-25/h5-6,8-14,16,21-22,30,35H,2-4,17-20H2,1H3. The van der Waals surface area contributed by atoms with Gasteiger partial charge in [-0.2, -0.15) is 0 Å². The molecule has 1 N–H and O–H groups in total. The van der Waals surface area contributed by atoms with E-state index >= 15 is 0 Å². The van der Waals surface area contributed by atoms with E-state index in [2.05, 4.69) is 52.1 Å². The van der Waals surface area contributed by atoms with Crippen molar-refractivity contribution in [1.29, 1.82) is 0 Å². The highest BCUT2D eigenvalue weighted by Crippen LogP contribution is 2.32. The van der Waals surface area contributed by atoms with Crippen LogP contribution in [0.3, 0.4) is 0 Å². The first-order chi connectivity index (χ1) is 16.9. The molecule has 1 aliphatic carbocycles. The summed E-state index contributed by atoms with van der Waals surface area (Å²) < 4.78 is 0. The van der Waals surface area contributed by atoms with Crippen molar-refractivity contribution >= 4 is 17.2 Å². The number of benzene rings is 2. The Labute approximate surface area is 213 Å². The zero-order chi connectivity index (χ0) is 24.3. The molecule has 35 heavy (non-hydrogen) atoms. The maximum absolute atomic E-state index is 10.3. The second kappa shape index (κ2) is 10.4. The van der Waals surface area contributed by atoms with Gasteiger partial charge in [0.25, 0.3) is 0 Å². The lowest BCUT2D eigenvalue weighted by Crippen LogP contribution is -2.46. The molecular weight excluding hydrogens is 452 g/mol. The fraction of sp³-hybridized carbons (Fsp3) is 0.323. The van der Waals surface area contributed by atoms with Crippen molar-refractivity contribution in [1.82, 2.24) is 9.88 Å². The van der Waals surface area contributed by atoms with Gasteiger partial charge in [-0.1, -0.05) is 53.9 Å². The first-order valence-electron chi connectivity index (χ1n) is 12.5. The summed E-state index contributed by atoms with van der Waals surface area (Å²) >= 11 is 5.98. The van der Waals surface area contributed by atoms with E-state index in [-0.39, 0.29) is 0 Å². The Morgan fingerprint density at radius 2 is 1.60 bits per heavy atom. The van der Waals surface area contributed by atoms with Gasteiger partial charge in [0, 0.05) is 41.5 Å². The monoisotopic (exact) mass is 482 g/mol. The van der Waals surface area contributed by atoms with Gasteiger partial charge in [-0.05, 0) is 92.0 Å². The average Bonchev–Trinajstić information content (AvgIpc) is 2.89. The van der Waals surface area contributed by atoms with E-state index in [4.69, 9.17) is 11.6 Å². The minimum absolute atomic E-state index is 0.483. The molecule has 0 radical (unpaired) electrons. The lowest BCUT2D eigenvalue weighted by atomic mass is 9.87. The van der Waals surface area contributed by atoms with Gasteiger partial charge >= 0.3 is 0 Å². The van der Waals surface area contributed by atoms with Crippen molar-refractivity contribution in [2.75, 3.05) is 13.1 Å². The lowest BCUT2D eigenvalue weighted by molar-refractivity contribution is -0.0127. The van der Waals surface area contributed by atoms with Crippen LogP contribution in [-0.4, -0.2) is 39.7 Å². The highest BCUT2D eigenvalue weighted by molar-refractivity contribution is 6.30. The van der Waals surface area contributed by atoms with Crippen LogP contribution in [0.15, 0.2) is 72.9 Å². The molecule has 2 aromatic carbocycles. The third kappa shape index (κ3) is 6.03. The SMILES string of the molecule is CC1(O)CCN(C2C=C(c3ccc(C#Cc4ccc(-c5ccc(Cl)cc5)cn4)cc3)CCC2)CC1. The molecule has 4 heteroatoms. The number of aliphatic hydroxyl groups is 1. The Bertz CT molecular complexity index is 1240. The third-order valence-electron chi connectivity index (χ3n) is 7.22. The maximum atomic E-state index is 10.3. The molecule has 0 bridgehead atoms. The topological polar surface area (TPSA) is 36.4 Å². The number of hydrogen-bond donors (Lipinski definition) is 1. The van der Waals surface area contributed by atoms with Crippen LogP contribution < -0.4 is 0 Å². The minimum atomic E-state index is -0.497. The van der Waals surface area contributed by atoms with Crippen LogP contribution in [0.4, 0.5) is 0 Å². The number of aromatic nitrogens is 1. The minimum Gasteiger partial charge on any atom is -0.390 e. The van der Waals surface area contributed by atoms with E-state index in [0.717, 1.165) is 59.8 Å². The third-order valence-corrected chi connectivity index (χ3v) is 7.47. The summed E-state index contributed by atoms with van der Waals surface area (Å²) in [7, 11) is 0. The zero-order valence-corrected chi connectivity index (χ0v) is 20.9. The lowest BCUT2D eigenvalue weighted by Gasteiger charge is -2.40. The summed E-state index contributed by atoms with van der Waals surface area (Å²) in [5.41, 5.74) is 6.10. The van der Waals surface area contributed by atoms with Crippen LogP contribution in [0.2, 0.25) is 5.02 Å². The summed E-state index contributed by atoms with van der Waals surface area (Å²) in [5.74, 6) is 6.43. The van der Waals surface area contributed by atoms with Crippen LogP contribution in [0, 0.1) is 11.8 Å². The molecule has 3 nitrogen and oxygen atoms in total. The molecule has 178 valence electrons. The van der Waals surface area contributed by atoms with Gasteiger partial charge in [-0.15, -0.1) is 0 Å². The van der Waals surface area contributed by atoms with Gasteiger partial charge in [0.05, 0.1) is 5.60 Å². The van der Waals surface area contributed by atoms with E-state index in [1.54, 1.807) is 0 Å². The number of piperidine rings is 1. The summed E-state index contributed by atoms with van der Waals surface area (Å²) in [6.07, 6.45) is 9.57. The van der Waals surface area contributed by atoms with Crippen molar-refractivity contribution in [3.63, 3.8) is 0 Å². The fourth-order valence-corrected chi connectivity index (χ4v) is 5.08. The van der Waals surface area contributed by atoms with Crippen LogP contribution in [-0.2, 0) is 0 Å².